The molecule has 39 heavy (non-hydrogen) atoms. The fourth-order valence-electron chi connectivity index (χ4n) is 5.65. The van der Waals surface area contributed by atoms with Gasteiger partial charge in [-0.05, 0) is 47.9 Å². The van der Waals surface area contributed by atoms with E-state index in [9.17, 15) is 19.5 Å². The summed E-state index contributed by atoms with van der Waals surface area (Å²) in [7, 11) is 1.70. The second-order valence-corrected chi connectivity index (χ2v) is 10.6. The largest absolute Gasteiger partial charge is 0.391 e. The number of β-amino-alcohol motifs (C(OH)–C–C–N with tert-alkyl or cyclic N) is 1. The molecule has 3 aromatic rings. The molecule has 3 aromatic carbocycles. The number of para-hydroxylation sites is 1. The molecule has 2 aliphatic heterocycles. The first-order chi connectivity index (χ1) is 18.9. The lowest BCUT2D eigenvalue weighted by atomic mass is 10.00. The molecule has 0 saturated carbocycles. The molecule has 2 aliphatic rings. The topological polar surface area (TPSA) is 102 Å². The third-order valence-corrected chi connectivity index (χ3v) is 7.82. The lowest BCUT2D eigenvalue weighted by Gasteiger charge is -2.32. The number of fused-ring (bicyclic) bond motifs is 1. The highest BCUT2D eigenvalue weighted by Crippen LogP contribution is 2.23. The number of piperidine rings is 1. The number of hydrogen-bond acceptors (Lipinski definition) is 5. The second kappa shape index (κ2) is 12.0. The van der Waals surface area contributed by atoms with Gasteiger partial charge in [-0.25, -0.2) is 0 Å². The van der Waals surface area contributed by atoms with E-state index in [1.54, 1.807) is 11.9 Å². The van der Waals surface area contributed by atoms with Gasteiger partial charge in [0.15, 0.2) is 0 Å². The van der Waals surface area contributed by atoms with Crippen molar-refractivity contribution in [3.8, 4) is 0 Å². The summed E-state index contributed by atoms with van der Waals surface area (Å²) in [5.74, 6) is -0.838. The summed E-state index contributed by atoms with van der Waals surface area (Å²) in [6, 6.07) is 21.3. The number of hydrogen-bond donors (Lipinski definition) is 3. The molecule has 0 unspecified atom stereocenters. The molecular formula is C31H36N4O4. The molecule has 0 bridgehead atoms. The van der Waals surface area contributed by atoms with E-state index in [1.807, 2.05) is 72.8 Å². The number of carbonyl (C=O) groups excluding carboxylic acids is 3. The van der Waals surface area contributed by atoms with Crippen molar-refractivity contribution in [3.63, 3.8) is 0 Å². The van der Waals surface area contributed by atoms with E-state index in [-0.39, 0.29) is 30.8 Å². The van der Waals surface area contributed by atoms with E-state index in [4.69, 9.17) is 0 Å². The van der Waals surface area contributed by atoms with Crippen LogP contribution in [0.1, 0.15) is 31.2 Å². The van der Waals surface area contributed by atoms with Crippen molar-refractivity contribution in [2.75, 3.05) is 25.0 Å². The number of amides is 3. The SMILES string of the molecule is CN(C(=O)[C@H](Cc1ccc2ccccc2c1)NC(=O)[C@@H]1C[C@@H](O)CN1C(=O)[C@@H]1CCCCN1)c1ccccc1. The number of likely N-dealkylation sites (tertiary alicyclic amines) is 1. The Kier molecular flexibility index (Phi) is 8.24. The Labute approximate surface area is 229 Å². The smallest absolute Gasteiger partial charge is 0.249 e. The average molecular weight is 529 g/mol. The van der Waals surface area contributed by atoms with Gasteiger partial charge in [0.2, 0.25) is 17.7 Å². The standard InChI is InChI=1S/C31H36N4O4/c1-34(24-11-3-2-4-12-24)30(38)27(18-21-14-15-22-9-5-6-10-23(22)17-21)33-29(37)28-19-25(36)20-35(28)31(39)26-13-7-8-16-32-26/h2-6,9-12,14-15,17,25-28,32,36H,7-8,13,16,18-20H2,1H3,(H,33,37)/t25-,26+,27+,28+/m1/s1. The Hall–Kier alpha value is -3.75. The maximum Gasteiger partial charge on any atom is 0.249 e. The maximum atomic E-state index is 13.8. The van der Waals surface area contributed by atoms with Gasteiger partial charge in [-0.2, -0.15) is 0 Å². The fourth-order valence-corrected chi connectivity index (χ4v) is 5.65. The second-order valence-electron chi connectivity index (χ2n) is 10.6. The molecule has 204 valence electrons. The number of likely N-dealkylation sites (N-methyl/N-ethyl adjacent to an activating group) is 1. The van der Waals surface area contributed by atoms with E-state index in [0.717, 1.165) is 41.4 Å². The predicted molar refractivity (Wildman–Crippen MR) is 151 cm³/mol. The number of benzene rings is 3. The maximum absolute atomic E-state index is 13.8. The van der Waals surface area contributed by atoms with Gasteiger partial charge in [0.1, 0.15) is 12.1 Å². The van der Waals surface area contributed by atoms with E-state index in [2.05, 4.69) is 10.6 Å². The lowest BCUT2D eigenvalue weighted by molar-refractivity contribution is -0.141. The summed E-state index contributed by atoms with van der Waals surface area (Å²) < 4.78 is 0. The number of aliphatic hydroxyl groups is 1. The Bertz CT molecular complexity index is 1320. The van der Waals surface area contributed by atoms with Crippen LogP contribution < -0.4 is 15.5 Å². The van der Waals surface area contributed by atoms with E-state index < -0.39 is 24.1 Å². The van der Waals surface area contributed by atoms with Gasteiger partial charge in [0.25, 0.3) is 0 Å². The van der Waals surface area contributed by atoms with Gasteiger partial charge in [-0.15, -0.1) is 0 Å². The van der Waals surface area contributed by atoms with Crippen LogP contribution in [-0.4, -0.2) is 72.1 Å². The highest BCUT2D eigenvalue weighted by atomic mass is 16.3. The summed E-state index contributed by atoms with van der Waals surface area (Å²) in [5.41, 5.74) is 1.64. The quantitative estimate of drug-likeness (QED) is 0.438. The van der Waals surface area contributed by atoms with Crippen LogP contribution in [0.5, 0.6) is 0 Å². The lowest BCUT2D eigenvalue weighted by Crippen LogP contribution is -2.56. The third kappa shape index (κ3) is 6.13. The highest BCUT2D eigenvalue weighted by Gasteiger charge is 2.42. The van der Waals surface area contributed by atoms with Gasteiger partial charge in [0.05, 0.1) is 12.1 Å². The normalized spacial score (nSPS) is 21.9. The summed E-state index contributed by atoms with van der Waals surface area (Å²) >= 11 is 0. The molecule has 4 atom stereocenters. The first-order valence-electron chi connectivity index (χ1n) is 13.7. The Morgan fingerprint density at radius 2 is 1.77 bits per heavy atom. The van der Waals surface area contributed by atoms with E-state index in [0.29, 0.717) is 12.8 Å². The van der Waals surface area contributed by atoms with Gasteiger partial charge in [0, 0.05) is 32.1 Å². The minimum absolute atomic E-state index is 0.113. The van der Waals surface area contributed by atoms with E-state index in [1.165, 1.54) is 4.90 Å². The molecule has 3 amide bonds. The van der Waals surface area contributed by atoms with Crippen LogP contribution in [0.4, 0.5) is 5.69 Å². The van der Waals surface area contributed by atoms with Crippen LogP contribution in [0.25, 0.3) is 10.8 Å². The Balaban J connectivity index is 1.38. The van der Waals surface area contributed by atoms with Crippen LogP contribution in [0.3, 0.4) is 0 Å². The Morgan fingerprint density at radius 1 is 1.03 bits per heavy atom. The zero-order chi connectivity index (χ0) is 27.4. The molecule has 2 heterocycles. The van der Waals surface area contributed by atoms with Gasteiger partial charge in [-0.1, -0.05) is 67.1 Å². The van der Waals surface area contributed by atoms with Crippen LogP contribution >= 0.6 is 0 Å². The average Bonchev–Trinajstić information content (AvgIpc) is 3.38. The third-order valence-electron chi connectivity index (χ3n) is 7.82. The number of nitrogens with one attached hydrogen (secondary N) is 2. The van der Waals surface area contributed by atoms with Crippen molar-refractivity contribution >= 4 is 34.2 Å². The first-order valence-corrected chi connectivity index (χ1v) is 13.7. The molecule has 2 fully saturated rings. The molecule has 8 nitrogen and oxygen atoms in total. The summed E-state index contributed by atoms with van der Waals surface area (Å²) in [4.78, 5) is 43.7. The van der Waals surface area contributed by atoms with Crippen LogP contribution in [0, 0.1) is 0 Å². The first kappa shape index (κ1) is 26.8. The molecule has 0 radical (unpaired) electrons. The van der Waals surface area contributed by atoms with Gasteiger partial charge in [-0.3, -0.25) is 14.4 Å². The number of nitrogens with zero attached hydrogens (tertiary/aromatic N) is 2. The monoisotopic (exact) mass is 528 g/mol. The number of rotatable bonds is 7. The molecule has 2 saturated heterocycles. The molecule has 5 rings (SSSR count). The van der Waals surface area contributed by atoms with Crippen LogP contribution in [-0.2, 0) is 20.8 Å². The molecule has 3 N–H and O–H groups in total. The Morgan fingerprint density at radius 3 is 2.51 bits per heavy atom. The van der Waals surface area contributed by atoms with E-state index >= 15 is 0 Å². The van der Waals surface area contributed by atoms with Crippen LogP contribution in [0.2, 0.25) is 0 Å². The zero-order valence-corrected chi connectivity index (χ0v) is 22.3. The van der Waals surface area contributed by atoms with Crippen molar-refractivity contribution in [1.82, 2.24) is 15.5 Å². The number of carbonyl (C=O) groups is 3. The van der Waals surface area contributed by atoms with Gasteiger partial charge < -0.3 is 25.5 Å². The van der Waals surface area contributed by atoms with Gasteiger partial charge >= 0.3 is 0 Å². The van der Waals surface area contributed by atoms with Crippen molar-refractivity contribution in [1.29, 1.82) is 0 Å². The number of aliphatic hydroxyl groups excluding tert-OH is 1. The predicted octanol–water partition coefficient (Wildman–Crippen LogP) is 2.63. The fraction of sp³-hybridized carbons (Fsp3) is 0.387. The minimum Gasteiger partial charge on any atom is -0.391 e. The van der Waals surface area contributed by atoms with Crippen molar-refractivity contribution in [2.45, 2.75) is 56.3 Å². The minimum atomic E-state index is -0.855. The zero-order valence-electron chi connectivity index (χ0n) is 22.3. The molecular weight excluding hydrogens is 492 g/mol. The highest BCUT2D eigenvalue weighted by molar-refractivity contribution is 6.00. The summed E-state index contributed by atoms with van der Waals surface area (Å²) in [6.07, 6.45) is 2.34. The molecule has 0 aliphatic carbocycles. The van der Waals surface area contributed by atoms with Crippen molar-refractivity contribution in [3.05, 3.63) is 78.4 Å². The van der Waals surface area contributed by atoms with Crippen molar-refractivity contribution in [2.24, 2.45) is 0 Å². The number of anilines is 1. The molecule has 0 aromatic heterocycles. The summed E-state index contributed by atoms with van der Waals surface area (Å²) in [6.45, 7) is 0.875. The summed E-state index contributed by atoms with van der Waals surface area (Å²) in [5, 5.41) is 18.8. The van der Waals surface area contributed by atoms with Crippen molar-refractivity contribution < 1.29 is 19.5 Å². The molecule has 8 heteroatoms. The molecule has 0 spiro atoms. The van der Waals surface area contributed by atoms with Crippen LogP contribution in [0.15, 0.2) is 72.8 Å².